The van der Waals surface area contributed by atoms with Gasteiger partial charge in [0.1, 0.15) is 5.54 Å². The van der Waals surface area contributed by atoms with Gasteiger partial charge in [-0.25, -0.2) is 4.79 Å². The number of hydrogen-bond acceptors (Lipinski definition) is 4. The second kappa shape index (κ2) is 10.6. The van der Waals surface area contributed by atoms with Crippen molar-refractivity contribution < 1.29 is 14.4 Å². The molecule has 4 amide bonds. The molecule has 1 N–H and O–H groups in total. The highest BCUT2D eigenvalue weighted by molar-refractivity contribution is 6.07. The normalized spacial score (nSPS) is 29.5. The molecule has 3 saturated heterocycles. The van der Waals surface area contributed by atoms with Crippen LogP contribution < -0.4 is 5.32 Å². The highest BCUT2D eigenvalue weighted by Crippen LogP contribution is 2.37. The Balaban J connectivity index is 1.36. The number of likely N-dealkylation sites (tertiary alicyclic amines) is 2. The summed E-state index contributed by atoms with van der Waals surface area (Å²) in [7, 11) is 2.13. The lowest BCUT2D eigenvalue weighted by atomic mass is 9.74. The van der Waals surface area contributed by atoms with Crippen LogP contribution in [0.15, 0.2) is 11.6 Å². The van der Waals surface area contributed by atoms with Crippen molar-refractivity contribution in [3.63, 3.8) is 0 Å². The lowest BCUT2D eigenvalue weighted by molar-refractivity contribution is -0.136. The molecule has 1 aliphatic carbocycles. The fraction of sp³-hybridized carbons (Fsp3) is 0.808. The molecule has 7 heteroatoms. The molecule has 33 heavy (non-hydrogen) atoms. The Morgan fingerprint density at radius 3 is 2.55 bits per heavy atom. The third kappa shape index (κ3) is 5.13. The maximum atomic E-state index is 13.6. The molecular weight excluding hydrogens is 416 g/mol. The lowest BCUT2D eigenvalue weighted by Gasteiger charge is -2.41. The molecule has 0 aromatic rings. The van der Waals surface area contributed by atoms with E-state index >= 15 is 0 Å². The number of nitrogens with one attached hydrogen (secondary N) is 1. The number of carbonyl (C=O) groups is 3. The molecule has 0 spiro atoms. The van der Waals surface area contributed by atoms with Gasteiger partial charge < -0.3 is 15.1 Å². The highest BCUT2D eigenvalue weighted by atomic mass is 16.2. The van der Waals surface area contributed by atoms with Gasteiger partial charge in [-0.15, -0.1) is 0 Å². The summed E-state index contributed by atoms with van der Waals surface area (Å²) in [6.45, 7) is 5.03. The van der Waals surface area contributed by atoms with Crippen LogP contribution in [0.2, 0.25) is 0 Å². The van der Waals surface area contributed by atoms with E-state index < -0.39 is 5.54 Å². The van der Waals surface area contributed by atoms with Gasteiger partial charge in [-0.2, -0.15) is 0 Å². The summed E-state index contributed by atoms with van der Waals surface area (Å²) in [6, 6.07) is 0.233. The molecule has 0 radical (unpaired) electrons. The van der Waals surface area contributed by atoms with Crippen molar-refractivity contribution in [2.75, 3.05) is 33.2 Å². The molecule has 0 saturated carbocycles. The standard InChI is InChI=1S/C26H42N4O3/c1-3-14-26(24(32)30(25(33)27-26)18-13-22-10-7-15-28(22)2)21-11-16-29(17-12-21)23(31)19-20-8-5-4-6-9-20/h8,21-22H,3-7,9-19H2,1-2H3,(H,27,33)/t22-,26-/m1/s1. The zero-order valence-electron chi connectivity index (χ0n) is 20.6. The topological polar surface area (TPSA) is 73.0 Å². The minimum Gasteiger partial charge on any atom is -0.342 e. The molecule has 0 bridgehead atoms. The van der Waals surface area contributed by atoms with E-state index in [-0.39, 0.29) is 23.8 Å². The van der Waals surface area contributed by atoms with Crippen LogP contribution in [0.1, 0.15) is 84.0 Å². The van der Waals surface area contributed by atoms with Gasteiger partial charge in [0, 0.05) is 32.1 Å². The molecule has 184 valence electrons. The van der Waals surface area contributed by atoms with Gasteiger partial charge in [-0.3, -0.25) is 14.5 Å². The van der Waals surface area contributed by atoms with E-state index in [0.29, 0.717) is 38.5 Å². The number of imide groups is 1. The first-order valence-electron chi connectivity index (χ1n) is 13.2. The number of nitrogens with zero attached hydrogens (tertiary/aromatic N) is 3. The summed E-state index contributed by atoms with van der Waals surface area (Å²) in [5.41, 5.74) is 0.492. The average Bonchev–Trinajstić information content (AvgIpc) is 3.33. The molecule has 3 heterocycles. The van der Waals surface area contributed by atoms with E-state index in [9.17, 15) is 14.4 Å². The number of urea groups is 1. The molecule has 0 aromatic carbocycles. The Kier molecular flexibility index (Phi) is 7.77. The zero-order valence-corrected chi connectivity index (χ0v) is 20.6. The number of allylic oxidation sites excluding steroid dienone is 1. The number of amides is 4. The minimum absolute atomic E-state index is 0.0351. The van der Waals surface area contributed by atoms with Gasteiger partial charge in [0.05, 0.1) is 0 Å². The fourth-order valence-corrected chi connectivity index (χ4v) is 6.51. The Bertz CT molecular complexity index is 773. The van der Waals surface area contributed by atoms with E-state index in [2.05, 4.69) is 30.3 Å². The van der Waals surface area contributed by atoms with E-state index in [1.807, 2.05) is 4.90 Å². The number of hydrogen-bond donors (Lipinski definition) is 1. The van der Waals surface area contributed by atoms with E-state index in [0.717, 1.165) is 51.5 Å². The number of carbonyl (C=O) groups excluding carboxylic acids is 3. The summed E-state index contributed by atoms with van der Waals surface area (Å²) in [4.78, 5) is 45.2. The van der Waals surface area contributed by atoms with Gasteiger partial charge in [0.25, 0.3) is 5.91 Å². The third-order valence-corrected chi connectivity index (χ3v) is 8.51. The third-order valence-electron chi connectivity index (χ3n) is 8.51. The molecule has 0 unspecified atom stereocenters. The van der Waals surface area contributed by atoms with Crippen molar-refractivity contribution in [3.8, 4) is 0 Å². The summed E-state index contributed by atoms with van der Waals surface area (Å²) in [6.07, 6.45) is 13.6. The minimum atomic E-state index is -0.797. The summed E-state index contributed by atoms with van der Waals surface area (Å²) < 4.78 is 0. The molecule has 3 fully saturated rings. The van der Waals surface area contributed by atoms with Gasteiger partial charge in [0.2, 0.25) is 5.91 Å². The van der Waals surface area contributed by atoms with Crippen LogP contribution in [0, 0.1) is 5.92 Å². The van der Waals surface area contributed by atoms with Crippen molar-refractivity contribution in [2.45, 2.75) is 95.6 Å². The Morgan fingerprint density at radius 2 is 1.91 bits per heavy atom. The second-order valence-electron chi connectivity index (χ2n) is 10.6. The molecule has 4 aliphatic rings. The molecule has 0 aromatic heterocycles. The summed E-state index contributed by atoms with van der Waals surface area (Å²) in [5.74, 6) is 0.272. The van der Waals surface area contributed by atoms with Crippen LogP contribution in [-0.2, 0) is 9.59 Å². The highest BCUT2D eigenvalue weighted by Gasteiger charge is 2.55. The molecular formula is C26H42N4O3. The van der Waals surface area contributed by atoms with Crippen LogP contribution in [0.3, 0.4) is 0 Å². The molecule has 4 rings (SSSR count). The van der Waals surface area contributed by atoms with Crippen molar-refractivity contribution in [1.82, 2.24) is 20.0 Å². The smallest absolute Gasteiger partial charge is 0.325 e. The number of rotatable bonds is 8. The maximum Gasteiger partial charge on any atom is 0.325 e. The van der Waals surface area contributed by atoms with Crippen molar-refractivity contribution >= 4 is 17.8 Å². The van der Waals surface area contributed by atoms with E-state index in [4.69, 9.17) is 0 Å². The fourth-order valence-electron chi connectivity index (χ4n) is 6.51. The van der Waals surface area contributed by atoms with Gasteiger partial charge >= 0.3 is 6.03 Å². The number of piperidine rings is 1. The second-order valence-corrected chi connectivity index (χ2v) is 10.6. The van der Waals surface area contributed by atoms with Crippen LogP contribution in [0.4, 0.5) is 4.79 Å². The quantitative estimate of drug-likeness (QED) is 0.445. The first kappa shape index (κ1) is 24.2. The monoisotopic (exact) mass is 458 g/mol. The lowest BCUT2D eigenvalue weighted by Crippen LogP contribution is -2.56. The van der Waals surface area contributed by atoms with E-state index in [1.165, 1.54) is 29.7 Å². The van der Waals surface area contributed by atoms with Crippen LogP contribution >= 0.6 is 0 Å². The zero-order chi connectivity index (χ0) is 23.4. The molecule has 2 atom stereocenters. The first-order valence-corrected chi connectivity index (χ1v) is 13.2. The van der Waals surface area contributed by atoms with E-state index in [1.54, 1.807) is 0 Å². The van der Waals surface area contributed by atoms with Crippen molar-refractivity contribution in [1.29, 1.82) is 0 Å². The predicted molar refractivity (Wildman–Crippen MR) is 129 cm³/mol. The van der Waals surface area contributed by atoms with Crippen LogP contribution in [0.5, 0.6) is 0 Å². The van der Waals surface area contributed by atoms with Gasteiger partial charge in [0.15, 0.2) is 0 Å². The maximum absolute atomic E-state index is 13.6. The predicted octanol–water partition coefficient (Wildman–Crippen LogP) is 3.69. The van der Waals surface area contributed by atoms with Gasteiger partial charge in [-0.1, -0.05) is 25.0 Å². The van der Waals surface area contributed by atoms with Crippen molar-refractivity contribution in [3.05, 3.63) is 11.6 Å². The Hall–Kier alpha value is -1.89. The largest absolute Gasteiger partial charge is 0.342 e. The van der Waals surface area contributed by atoms with Crippen molar-refractivity contribution in [2.24, 2.45) is 5.92 Å². The molecule has 3 aliphatic heterocycles. The van der Waals surface area contributed by atoms with Crippen LogP contribution in [0.25, 0.3) is 0 Å². The average molecular weight is 459 g/mol. The van der Waals surface area contributed by atoms with Crippen LogP contribution in [-0.4, -0.2) is 77.4 Å². The summed E-state index contributed by atoms with van der Waals surface area (Å²) >= 11 is 0. The van der Waals surface area contributed by atoms with Gasteiger partial charge in [-0.05, 0) is 83.7 Å². The Labute approximate surface area is 198 Å². The Morgan fingerprint density at radius 1 is 1.12 bits per heavy atom. The first-order chi connectivity index (χ1) is 15.9. The SMILES string of the molecule is CCC[C@]1(C2CCN(C(=O)CC3=CCCCC3)CC2)NC(=O)N(CC[C@H]2CCCN2C)C1=O. The summed E-state index contributed by atoms with van der Waals surface area (Å²) in [5, 5.41) is 3.15. The molecule has 7 nitrogen and oxygen atoms in total.